The number of anilines is 1. The number of rotatable bonds is 6. The van der Waals surface area contributed by atoms with Crippen LogP contribution in [0.15, 0.2) is 48.5 Å². The minimum atomic E-state index is -3.71. The van der Waals surface area contributed by atoms with Crippen LogP contribution in [0.3, 0.4) is 0 Å². The Bertz CT molecular complexity index is 843. The van der Waals surface area contributed by atoms with Crippen molar-refractivity contribution in [2.75, 3.05) is 17.1 Å². The Morgan fingerprint density at radius 1 is 1.17 bits per heavy atom. The highest BCUT2D eigenvalue weighted by Crippen LogP contribution is 2.26. The highest BCUT2D eigenvalue weighted by atomic mass is 35.5. The van der Waals surface area contributed by atoms with Crippen LogP contribution in [0.1, 0.15) is 5.56 Å². The third-order valence-electron chi connectivity index (χ3n) is 3.24. The maximum absolute atomic E-state index is 13.5. The molecule has 0 heterocycles. The minimum absolute atomic E-state index is 0.0361. The second kappa shape index (κ2) is 7.63. The predicted octanol–water partition coefficient (Wildman–Crippen LogP) is 2.56. The van der Waals surface area contributed by atoms with Gasteiger partial charge in [-0.25, -0.2) is 12.8 Å². The number of carbonyl (C=O) groups is 1. The van der Waals surface area contributed by atoms with Gasteiger partial charge in [0.1, 0.15) is 12.4 Å². The molecule has 2 aromatic rings. The van der Waals surface area contributed by atoms with Crippen molar-refractivity contribution in [3.63, 3.8) is 0 Å². The van der Waals surface area contributed by atoms with Crippen LogP contribution in [0.4, 0.5) is 10.1 Å². The van der Waals surface area contributed by atoms with Crippen LogP contribution in [0, 0.1) is 5.82 Å². The number of sulfonamides is 1. The van der Waals surface area contributed by atoms with Gasteiger partial charge in [-0.3, -0.25) is 9.10 Å². The molecule has 24 heavy (non-hydrogen) atoms. The lowest BCUT2D eigenvalue weighted by atomic mass is 10.2. The molecule has 0 unspecified atom stereocenters. The van der Waals surface area contributed by atoms with E-state index in [2.05, 4.69) is 5.32 Å². The number of hydrogen-bond acceptors (Lipinski definition) is 3. The largest absolute Gasteiger partial charge is 0.350 e. The molecule has 0 spiro atoms. The van der Waals surface area contributed by atoms with Gasteiger partial charge in [0.2, 0.25) is 15.9 Å². The summed E-state index contributed by atoms with van der Waals surface area (Å²) in [5.74, 6) is -1.01. The van der Waals surface area contributed by atoms with Gasteiger partial charge in [-0.05, 0) is 18.2 Å². The Balaban J connectivity index is 2.12. The molecule has 0 aliphatic heterocycles. The predicted molar refractivity (Wildman–Crippen MR) is 91.9 cm³/mol. The number of halogens is 2. The molecule has 8 heteroatoms. The third-order valence-corrected chi connectivity index (χ3v) is 4.69. The summed E-state index contributed by atoms with van der Waals surface area (Å²) < 4.78 is 38.4. The van der Waals surface area contributed by atoms with Gasteiger partial charge in [-0.2, -0.15) is 0 Å². The van der Waals surface area contributed by atoms with Gasteiger partial charge in [0.15, 0.2) is 0 Å². The van der Waals surface area contributed by atoms with Gasteiger partial charge in [0, 0.05) is 12.1 Å². The molecule has 0 saturated heterocycles. The first-order valence-electron chi connectivity index (χ1n) is 7.01. The van der Waals surface area contributed by atoms with Crippen molar-refractivity contribution in [2.24, 2.45) is 0 Å². The van der Waals surface area contributed by atoms with Gasteiger partial charge in [0.05, 0.1) is 17.0 Å². The molecule has 1 N–H and O–H groups in total. The molecular weight excluding hydrogens is 355 g/mol. The average molecular weight is 371 g/mol. The molecule has 0 saturated carbocycles. The van der Waals surface area contributed by atoms with E-state index >= 15 is 0 Å². The Morgan fingerprint density at radius 3 is 2.42 bits per heavy atom. The van der Waals surface area contributed by atoms with Crippen molar-refractivity contribution in [1.82, 2.24) is 5.32 Å². The summed E-state index contributed by atoms with van der Waals surface area (Å²) in [7, 11) is -3.71. The van der Waals surface area contributed by atoms with Gasteiger partial charge in [-0.15, -0.1) is 0 Å². The Hall–Kier alpha value is -2.12. The van der Waals surface area contributed by atoms with Gasteiger partial charge >= 0.3 is 0 Å². The molecule has 5 nitrogen and oxygen atoms in total. The van der Waals surface area contributed by atoms with Crippen LogP contribution >= 0.6 is 11.6 Å². The standard InChI is InChI=1S/C16H16ClFN2O3S/c1-24(22,23)20(15-9-5-3-7-13(15)17)11-16(21)19-10-12-6-2-4-8-14(12)18/h2-9H,10-11H2,1H3,(H,19,21). The smallest absolute Gasteiger partial charge is 0.241 e. The number of amides is 1. The number of nitrogens with one attached hydrogen (secondary N) is 1. The fraction of sp³-hybridized carbons (Fsp3) is 0.188. The fourth-order valence-electron chi connectivity index (χ4n) is 2.06. The number of benzene rings is 2. The molecule has 128 valence electrons. The van der Waals surface area contributed by atoms with Gasteiger partial charge in [-0.1, -0.05) is 41.9 Å². The zero-order chi connectivity index (χ0) is 17.7. The van der Waals surface area contributed by atoms with Crippen LogP contribution in [-0.4, -0.2) is 27.1 Å². The summed E-state index contributed by atoms with van der Waals surface area (Å²) in [6.45, 7) is -0.483. The van der Waals surface area contributed by atoms with Crippen LogP contribution in [0.2, 0.25) is 5.02 Å². The lowest BCUT2D eigenvalue weighted by Gasteiger charge is -2.22. The molecular formula is C16H16ClFN2O3S. The Morgan fingerprint density at radius 2 is 1.79 bits per heavy atom. The molecule has 2 aromatic carbocycles. The summed E-state index contributed by atoms with van der Waals surface area (Å²) in [6, 6.07) is 12.3. The van der Waals surface area contributed by atoms with Crippen LogP contribution < -0.4 is 9.62 Å². The molecule has 0 aliphatic carbocycles. The van der Waals surface area contributed by atoms with E-state index in [0.717, 1.165) is 10.6 Å². The minimum Gasteiger partial charge on any atom is -0.350 e. The zero-order valence-corrected chi connectivity index (χ0v) is 14.4. The zero-order valence-electron chi connectivity index (χ0n) is 12.9. The Kier molecular flexibility index (Phi) is 5.80. The van der Waals surface area contributed by atoms with E-state index in [0.29, 0.717) is 5.56 Å². The van der Waals surface area contributed by atoms with Crippen molar-refractivity contribution >= 4 is 33.2 Å². The summed E-state index contributed by atoms with van der Waals surface area (Å²) in [4.78, 5) is 12.1. The van der Waals surface area contributed by atoms with Crippen molar-refractivity contribution in [2.45, 2.75) is 6.54 Å². The normalized spacial score (nSPS) is 11.1. The molecule has 0 aliphatic rings. The van der Waals surface area contributed by atoms with E-state index in [1.54, 1.807) is 24.3 Å². The molecule has 1 amide bonds. The summed E-state index contributed by atoms with van der Waals surface area (Å²) in [5.41, 5.74) is 0.525. The van der Waals surface area contributed by atoms with E-state index in [4.69, 9.17) is 11.6 Å². The van der Waals surface area contributed by atoms with Crippen molar-refractivity contribution < 1.29 is 17.6 Å². The van der Waals surface area contributed by atoms with E-state index in [1.165, 1.54) is 24.3 Å². The molecule has 2 rings (SSSR count). The number of para-hydroxylation sites is 1. The maximum Gasteiger partial charge on any atom is 0.241 e. The van der Waals surface area contributed by atoms with E-state index in [9.17, 15) is 17.6 Å². The lowest BCUT2D eigenvalue weighted by molar-refractivity contribution is -0.119. The van der Waals surface area contributed by atoms with Crippen molar-refractivity contribution in [1.29, 1.82) is 0 Å². The molecule has 0 aromatic heterocycles. The first-order chi connectivity index (χ1) is 11.3. The second-order valence-electron chi connectivity index (χ2n) is 5.09. The quantitative estimate of drug-likeness (QED) is 0.849. The van der Waals surface area contributed by atoms with Crippen LogP contribution in [0.25, 0.3) is 0 Å². The summed E-state index contributed by atoms with van der Waals surface area (Å²) in [5, 5.41) is 2.72. The summed E-state index contributed by atoms with van der Waals surface area (Å²) in [6.07, 6.45) is 0.987. The summed E-state index contributed by atoms with van der Waals surface area (Å²) >= 11 is 6.01. The van der Waals surface area contributed by atoms with Crippen molar-refractivity contribution in [3.05, 3.63) is 64.9 Å². The Labute approximate surface area is 145 Å². The SMILES string of the molecule is CS(=O)(=O)N(CC(=O)NCc1ccccc1F)c1ccccc1Cl. The van der Waals surface area contributed by atoms with Gasteiger partial charge < -0.3 is 5.32 Å². The van der Waals surface area contributed by atoms with Crippen LogP contribution in [0.5, 0.6) is 0 Å². The van der Waals surface area contributed by atoms with E-state index < -0.39 is 28.3 Å². The molecule has 0 bridgehead atoms. The maximum atomic E-state index is 13.5. The van der Waals surface area contributed by atoms with E-state index in [-0.39, 0.29) is 17.3 Å². The highest BCUT2D eigenvalue weighted by Gasteiger charge is 2.22. The lowest BCUT2D eigenvalue weighted by Crippen LogP contribution is -2.40. The number of hydrogen-bond donors (Lipinski definition) is 1. The topological polar surface area (TPSA) is 66.5 Å². The first kappa shape index (κ1) is 18.2. The van der Waals surface area contributed by atoms with Crippen LogP contribution in [-0.2, 0) is 21.4 Å². The number of nitrogens with zero attached hydrogens (tertiary/aromatic N) is 1. The molecule has 0 atom stereocenters. The third kappa shape index (κ3) is 4.69. The van der Waals surface area contributed by atoms with Crippen molar-refractivity contribution in [3.8, 4) is 0 Å². The molecule has 0 fully saturated rings. The fourth-order valence-corrected chi connectivity index (χ4v) is 3.21. The second-order valence-corrected chi connectivity index (χ2v) is 7.40. The van der Waals surface area contributed by atoms with E-state index in [1.807, 2.05) is 0 Å². The monoisotopic (exact) mass is 370 g/mol. The number of carbonyl (C=O) groups excluding carboxylic acids is 1. The highest BCUT2D eigenvalue weighted by molar-refractivity contribution is 7.92. The van der Waals surface area contributed by atoms with Gasteiger partial charge in [0.25, 0.3) is 0 Å². The average Bonchev–Trinajstić information content (AvgIpc) is 2.52. The molecule has 0 radical (unpaired) electrons. The first-order valence-corrected chi connectivity index (χ1v) is 9.24.